The summed E-state index contributed by atoms with van der Waals surface area (Å²) in [5, 5.41) is 19.3. The largest absolute Gasteiger partial charge is 0.508 e. The zero-order valence-corrected chi connectivity index (χ0v) is 16.1. The zero-order chi connectivity index (χ0) is 21.5. The highest BCUT2D eigenvalue weighted by Crippen LogP contribution is 2.43. The van der Waals surface area contributed by atoms with Gasteiger partial charge in [0.05, 0.1) is 11.5 Å². The number of nitrogens with zero attached hydrogens (tertiary/aromatic N) is 1. The third-order valence-corrected chi connectivity index (χ3v) is 6.22. The maximum atomic E-state index is 12.5. The summed E-state index contributed by atoms with van der Waals surface area (Å²) >= 11 is 0. The van der Waals surface area contributed by atoms with Gasteiger partial charge < -0.3 is 24.4 Å². The molecule has 2 aromatic rings. The number of fused-ring (bicyclic) bond motifs is 1. The first-order valence-electron chi connectivity index (χ1n) is 8.78. The van der Waals surface area contributed by atoms with E-state index in [0.29, 0.717) is 0 Å². The predicted molar refractivity (Wildman–Crippen MR) is 97.1 cm³/mol. The Hall–Kier alpha value is -2.55. The molecule has 162 valence electrons. The monoisotopic (exact) mass is 442 g/mol. The number of phenolic OH excluding ortho intramolecular Hbond substituents is 1. The number of nitrogens with one attached hydrogen (secondary N) is 1. The fourth-order valence-corrected chi connectivity index (χ4v) is 4.38. The summed E-state index contributed by atoms with van der Waals surface area (Å²) in [6.45, 7) is -1.50. The van der Waals surface area contributed by atoms with Crippen molar-refractivity contribution in [1.29, 1.82) is 0 Å². The van der Waals surface area contributed by atoms with Crippen molar-refractivity contribution in [3.63, 3.8) is 0 Å². The molecule has 2 saturated heterocycles. The lowest BCUT2D eigenvalue weighted by Crippen LogP contribution is -2.50. The smallest absolute Gasteiger partial charge is 0.330 e. The van der Waals surface area contributed by atoms with Gasteiger partial charge in [-0.2, -0.15) is 8.42 Å². The molecule has 30 heavy (non-hydrogen) atoms. The maximum Gasteiger partial charge on any atom is 0.330 e. The predicted octanol–water partition coefficient (Wildman–Crippen LogP) is -1.35. The van der Waals surface area contributed by atoms with Gasteiger partial charge in [0.2, 0.25) is 0 Å². The van der Waals surface area contributed by atoms with E-state index in [1.807, 2.05) is 0 Å². The number of aromatic amines is 1. The molecule has 2 aliphatic heterocycles. The highest BCUT2D eigenvalue weighted by Gasteiger charge is 2.60. The Morgan fingerprint density at radius 3 is 2.60 bits per heavy atom. The highest BCUT2D eigenvalue weighted by atomic mass is 32.2. The first-order chi connectivity index (χ1) is 14.3. The summed E-state index contributed by atoms with van der Waals surface area (Å²) in [7, 11) is -4.25. The van der Waals surface area contributed by atoms with Crippen molar-refractivity contribution in [2.75, 3.05) is 20.0 Å². The van der Waals surface area contributed by atoms with E-state index in [-0.39, 0.29) is 17.4 Å². The first-order valence-corrected chi connectivity index (χ1v) is 10.2. The van der Waals surface area contributed by atoms with Gasteiger partial charge >= 0.3 is 5.69 Å². The molecule has 2 fully saturated rings. The molecule has 0 aliphatic carbocycles. The minimum Gasteiger partial charge on any atom is -0.508 e. The number of hydrogen-bond acceptors (Lipinski definition) is 10. The quantitative estimate of drug-likeness (QED) is 0.455. The summed E-state index contributed by atoms with van der Waals surface area (Å²) in [6.07, 6.45) is -1.71. The van der Waals surface area contributed by atoms with Gasteiger partial charge in [-0.05, 0) is 24.3 Å². The SMILES string of the molecule is O=c1ccn([C@@H]2O[C@@](CO)(COS(=O)(=O)c3ccc(O)cc3)[C@H]3OCO[C@@H]23)c(=O)[nH]1. The molecule has 1 aromatic carbocycles. The molecule has 13 heteroatoms. The Balaban J connectivity index is 1.61. The Morgan fingerprint density at radius 1 is 1.20 bits per heavy atom. The molecule has 1 aromatic heterocycles. The molecule has 3 N–H and O–H groups in total. The summed E-state index contributed by atoms with van der Waals surface area (Å²) < 4.78 is 47.9. The molecular weight excluding hydrogens is 424 g/mol. The van der Waals surface area contributed by atoms with Crippen LogP contribution in [0.4, 0.5) is 0 Å². The molecule has 0 bridgehead atoms. The van der Waals surface area contributed by atoms with Crippen LogP contribution in [0.25, 0.3) is 0 Å². The minimum absolute atomic E-state index is 0.117. The van der Waals surface area contributed by atoms with Gasteiger partial charge in [0.1, 0.15) is 37.0 Å². The van der Waals surface area contributed by atoms with Gasteiger partial charge in [-0.25, -0.2) is 4.79 Å². The van der Waals surface area contributed by atoms with Gasteiger partial charge in [0.15, 0.2) is 6.23 Å². The van der Waals surface area contributed by atoms with E-state index in [4.69, 9.17) is 18.4 Å². The lowest BCUT2D eigenvalue weighted by Gasteiger charge is -2.30. The number of aliphatic hydroxyl groups excluding tert-OH is 1. The fourth-order valence-electron chi connectivity index (χ4n) is 3.42. The summed E-state index contributed by atoms with van der Waals surface area (Å²) in [4.78, 5) is 25.4. The molecule has 2 aliphatic rings. The molecule has 0 radical (unpaired) electrons. The van der Waals surface area contributed by atoms with E-state index in [0.717, 1.165) is 22.8 Å². The molecule has 0 unspecified atom stereocenters. The van der Waals surface area contributed by atoms with Crippen molar-refractivity contribution in [3.05, 3.63) is 57.4 Å². The number of hydrogen-bond donors (Lipinski definition) is 3. The van der Waals surface area contributed by atoms with E-state index >= 15 is 0 Å². The third-order valence-electron chi connectivity index (χ3n) is 4.94. The summed E-state index contributed by atoms with van der Waals surface area (Å²) in [5.74, 6) is -0.117. The Kier molecular flexibility index (Phi) is 5.25. The van der Waals surface area contributed by atoms with Crippen LogP contribution >= 0.6 is 0 Å². The Labute approximate surface area is 169 Å². The number of H-pyrrole nitrogens is 1. The Morgan fingerprint density at radius 2 is 1.93 bits per heavy atom. The zero-order valence-electron chi connectivity index (χ0n) is 15.3. The number of aliphatic hydroxyl groups is 1. The fraction of sp³-hybridized carbons (Fsp3) is 0.412. The number of ether oxygens (including phenoxy) is 3. The van der Waals surface area contributed by atoms with Crippen molar-refractivity contribution >= 4 is 10.1 Å². The highest BCUT2D eigenvalue weighted by molar-refractivity contribution is 7.86. The number of aromatic hydroxyl groups is 1. The number of aromatic nitrogens is 2. The van der Waals surface area contributed by atoms with Crippen LogP contribution in [0.15, 0.2) is 51.0 Å². The lowest BCUT2D eigenvalue weighted by atomic mass is 9.97. The lowest BCUT2D eigenvalue weighted by molar-refractivity contribution is -0.176. The average molecular weight is 442 g/mol. The van der Waals surface area contributed by atoms with Gasteiger partial charge in [0.25, 0.3) is 15.7 Å². The van der Waals surface area contributed by atoms with E-state index in [1.54, 1.807) is 0 Å². The number of rotatable bonds is 6. The number of benzene rings is 1. The van der Waals surface area contributed by atoms with Crippen molar-refractivity contribution in [3.8, 4) is 5.75 Å². The third kappa shape index (κ3) is 3.55. The summed E-state index contributed by atoms with van der Waals surface area (Å²) in [6, 6.07) is 5.80. The van der Waals surface area contributed by atoms with Crippen LogP contribution < -0.4 is 11.2 Å². The van der Waals surface area contributed by atoms with Crippen LogP contribution in [-0.2, 0) is 28.5 Å². The Bertz CT molecular complexity index is 1140. The van der Waals surface area contributed by atoms with Gasteiger partial charge in [0, 0.05) is 12.3 Å². The van der Waals surface area contributed by atoms with Crippen LogP contribution in [0.2, 0.25) is 0 Å². The van der Waals surface area contributed by atoms with Gasteiger partial charge in [-0.3, -0.25) is 18.5 Å². The normalized spacial score (nSPS) is 28.5. The van der Waals surface area contributed by atoms with Crippen molar-refractivity contribution in [2.45, 2.75) is 28.9 Å². The second kappa shape index (κ2) is 7.61. The maximum absolute atomic E-state index is 12.5. The minimum atomic E-state index is -4.25. The van der Waals surface area contributed by atoms with Crippen molar-refractivity contribution in [1.82, 2.24) is 9.55 Å². The van der Waals surface area contributed by atoms with Crippen LogP contribution in [0.1, 0.15) is 6.23 Å². The van der Waals surface area contributed by atoms with Crippen LogP contribution in [0.5, 0.6) is 5.75 Å². The first kappa shape index (κ1) is 20.7. The molecule has 12 nitrogen and oxygen atoms in total. The van der Waals surface area contributed by atoms with Crippen LogP contribution in [0.3, 0.4) is 0 Å². The van der Waals surface area contributed by atoms with E-state index in [9.17, 15) is 28.2 Å². The molecule has 0 spiro atoms. The molecule has 0 saturated carbocycles. The van der Waals surface area contributed by atoms with E-state index in [2.05, 4.69) is 4.98 Å². The van der Waals surface area contributed by atoms with E-state index in [1.165, 1.54) is 18.3 Å². The molecule has 4 rings (SSSR count). The van der Waals surface area contributed by atoms with Crippen LogP contribution in [-0.4, -0.2) is 66.0 Å². The summed E-state index contributed by atoms with van der Waals surface area (Å²) in [5.41, 5.74) is -3.04. The number of phenols is 1. The molecule has 3 heterocycles. The topological polar surface area (TPSA) is 166 Å². The van der Waals surface area contributed by atoms with Crippen LogP contribution in [0, 0.1) is 0 Å². The van der Waals surface area contributed by atoms with E-state index < -0.39 is 58.6 Å². The van der Waals surface area contributed by atoms with Gasteiger partial charge in [-0.1, -0.05) is 0 Å². The van der Waals surface area contributed by atoms with Gasteiger partial charge in [-0.15, -0.1) is 0 Å². The second-order valence-electron chi connectivity index (χ2n) is 6.80. The van der Waals surface area contributed by atoms with Crippen molar-refractivity contribution in [2.24, 2.45) is 0 Å². The second-order valence-corrected chi connectivity index (χ2v) is 8.41. The molecule has 0 amide bonds. The average Bonchev–Trinajstić information content (AvgIpc) is 3.30. The standard InChI is InChI=1S/C17H18N2O10S/c20-7-17(8-28-30(24,25)11-3-1-10(21)2-4-11)14-13(26-9-27-14)15(29-17)19-6-5-12(22)18-16(19)23/h1-6,13-15,20-21H,7-9H2,(H,18,22,23)/t13-,14+,15-,17+/m1/s1. The molecular formula is C17H18N2O10S. The molecule has 4 atom stereocenters. The van der Waals surface area contributed by atoms with Crippen molar-refractivity contribution < 1.29 is 37.0 Å².